The second-order valence-corrected chi connectivity index (χ2v) is 50.1. The number of aliphatic hydroxyl groups excluding tert-OH is 1. The Morgan fingerprint density at radius 2 is 0.810 bits per heavy atom. The van der Waals surface area contributed by atoms with Gasteiger partial charge in [0.2, 0.25) is 0 Å². The van der Waals surface area contributed by atoms with Gasteiger partial charge in [-0.2, -0.15) is 0 Å². The fourth-order valence-electron chi connectivity index (χ4n) is 38.6. The molecule has 2 aromatic rings. The zero-order chi connectivity index (χ0) is 98.6. The number of carbonyl (C=O) groups excluding carboxylic acids is 10. The number of esters is 6. The molecule has 6 spiro atoms. The summed E-state index contributed by atoms with van der Waals surface area (Å²) in [7, 11) is 0. The first-order chi connectivity index (χ1) is 64.3. The molecule has 22 nitrogen and oxygen atoms in total. The molecule has 2 aromatic carbocycles. The zero-order valence-corrected chi connectivity index (χ0v) is 85.2. The maximum Gasteiger partial charge on any atom is 0.303 e. The van der Waals surface area contributed by atoms with Crippen molar-refractivity contribution in [2.24, 2.45) is 183 Å². The molecule has 14 fully saturated rings. The number of benzene rings is 2. The molecule has 0 amide bonds. The molecule has 40 atom stereocenters. The molecule has 0 aromatic heterocycles. The Morgan fingerprint density at radius 1 is 0.438 bits per heavy atom. The molecular weight excluding hydrogens is 1730 g/mol. The van der Waals surface area contributed by atoms with E-state index in [1.165, 1.54) is 41.5 Å². The number of fused-ring (bicyclic) bond motifs is 10. The SMILES string of the molecule is C=C(C(=O)[C@H](OC(C)=O)[C@@H](C)[C@H]1[C@@H](OC(C)=O)C[C@@]2(C)[C@@H]3CC[C@H]4[C@H](C)C(=O)C=C[C@@]45C[C@@]35CC[C@]12C)[C@@H](C)CO.CC(=O)O[C@H]1C[C@@]2(C)C3CCC4[C@H](C)C(=O)C=C[C@@]45C[C@@]35CC[C@]2(C)[C@H]1[C@H](C)[C@@H](OC(C)=O)C12OCC(C)C1Cc1ccc(O)cc1O2.CC(=O)O[C@H]1C[C@@]2(C)[C@@H]3CC[C@H]4[C@H](C)C(=O)C=C[C@@]45C[C@@]35CC[C@]2(C)[C@H]1[C@H](C)[C@@H](OC(C)=O)C12CCC(C)C1Cc1ccc(O)cc1O2. The number of rotatable bonds is 18. The van der Waals surface area contributed by atoms with Crippen LogP contribution in [0.1, 0.15) is 285 Å². The summed E-state index contributed by atoms with van der Waals surface area (Å²) in [6, 6.07) is 10.6. The van der Waals surface area contributed by atoms with Crippen LogP contribution in [0, 0.1) is 183 Å². The van der Waals surface area contributed by atoms with E-state index in [0.29, 0.717) is 72.4 Å². The summed E-state index contributed by atoms with van der Waals surface area (Å²) in [5, 5.41) is 30.5. The normalized spacial score (nSPS) is 46.6. The van der Waals surface area contributed by atoms with Crippen molar-refractivity contribution in [1.29, 1.82) is 0 Å². The number of hydrogen-bond acceptors (Lipinski definition) is 22. The monoisotopic (exact) mass is 1890 g/mol. The topological polar surface area (TPSA) is 314 Å². The Hall–Kier alpha value is -7.98. The van der Waals surface area contributed by atoms with Crippen molar-refractivity contribution < 1.29 is 106 Å². The lowest BCUT2D eigenvalue weighted by atomic mass is 9.43. The highest BCUT2D eigenvalue weighted by atomic mass is 16.7. The van der Waals surface area contributed by atoms with Gasteiger partial charge < -0.3 is 58.0 Å². The fraction of sp³-hybridized carbons (Fsp3) is 0.739. The number of aliphatic hydroxyl groups is 1. The number of allylic oxidation sites excluding steroid dienone is 6. The summed E-state index contributed by atoms with van der Waals surface area (Å²) in [5.74, 6) is 0.0549. The Bertz CT molecular complexity index is 5200. The number of phenolic OH excluding ortho intramolecular Hbond substituents is 2. The summed E-state index contributed by atoms with van der Waals surface area (Å²) in [6.45, 7) is 46.1. The third-order valence-electron chi connectivity index (χ3n) is 45.0. The molecule has 8 unspecified atom stereocenters. The lowest BCUT2D eigenvalue weighted by Gasteiger charge is -2.61. The molecule has 1 saturated heterocycles. The van der Waals surface area contributed by atoms with Gasteiger partial charge in [0.1, 0.15) is 53.0 Å². The van der Waals surface area contributed by atoms with Crippen molar-refractivity contribution >= 4 is 58.9 Å². The minimum absolute atomic E-state index is 0.0389. The lowest BCUT2D eigenvalue weighted by molar-refractivity contribution is -0.267. The summed E-state index contributed by atoms with van der Waals surface area (Å²) in [4.78, 5) is 128. The highest BCUT2D eigenvalue weighted by Gasteiger charge is 2.87. The summed E-state index contributed by atoms with van der Waals surface area (Å²) >= 11 is 0. The van der Waals surface area contributed by atoms with E-state index in [1.807, 2.05) is 37.3 Å². The molecule has 3 N–H and O–H groups in total. The van der Waals surface area contributed by atoms with E-state index in [1.54, 1.807) is 31.2 Å². The van der Waals surface area contributed by atoms with E-state index in [9.17, 15) is 63.3 Å². The number of Topliss-reactive ketones (excluding diaryl/α,β-unsaturated/α-hetero) is 1. The van der Waals surface area contributed by atoms with Crippen LogP contribution in [0.2, 0.25) is 0 Å². The van der Waals surface area contributed by atoms with Gasteiger partial charge in [-0.05, 0) is 301 Å². The van der Waals surface area contributed by atoms with E-state index in [2.05, 4.69) is 115 Å². The summed E-state index contributed by atoms with van der Waals surface area (Å²) in [5.41, 5.74) is 1.25. The second kappa shape index (κ2) is 33.0. The molecule has 19 aliphatic rings. The molecule has 3 heterocycles. The number of ketones is 4. The Balaban J connectivity index is 0.000000132. The molecule has 13 saturated carbocycles. The standard InChI is InChI=1S/C41H54O7.C40H52O8.C34H48O7/c1-22-12-15-41(30(22)18-27-8-9-28(44)19-32(27)48-41)36(47-26(5)43)24(3)35-33(46-25(4)42)20-38(7)34-11-10-29-23(2)31(45)13-14-39(29)21-40(34,39)17-16-37(35,38)6;1-21-19-45-40(29(21)16-26-8-9-27(43)17-31(26)48-40)35(47-25(5)42)23(3)34-32(46-24(4)41)18-37(7)33-11-10-28-22(2)30(44)12-13-38(28)20-39(33,38)15-14-36(34,37)6;1-18(16-35)19(2)29(39)30(41-23(6)37)21(4)28-26(40-22(5)36)15-32(8)27-10-9-24-20(3)25(38)11-12-33(24)17-34(27,33)14-13-31(28,32)7/h8-9,13-14,19,22-24,29-30,33-36,44H,10-12,15-18,20-21H2,1-7H3;8-9,12-13,17,21-23,28-29,32-35,43H,10-11,14-16,18-20H2,1-7H3;11-12,18,20-21,24,26-28,30,35H,2,9-10,13-17H2,1,3-8H3/t22?,23-,24-,29-,30?,33-,34-,35-,36+,37+,38-,39+,40-,41?;21?,22-,23-,28?,29?,32-,33?,34-,35+,36+,37-,38+,39-,40?;18-,20-,21-,24-,26-,27-,28-,30+,31+,32-,33+,34-/m000/s1. The van der Waals surface area contributed by atoms with Crippen LogP contribution in [0.15, 0.2) is 85.0 Å². The van der Waals surface area contributed by atoms with E-state index in [-0.39, 0.29) is 213 Å². The van der Waals surface area contributed by atoms with Crippen LogP contribution >= 0.6 is 0 Å². The molecule has 0 bridgehead atoms. The maximum absolute atomic E-state index is 13.7. The van der Waals surface area contributed by atoms with Crippen molar-refractivity contribution in [3.63, 3.8) is 0 Å². The zero-order valence-electron chi connectivity index (χ0n) is 85.2. The van der Waals surface area contributed by atoms with Crippen LogP contribution < -0.4 is 9.47 Å². The smallest absolute Gasteiger partial charge is 0.303 e. The molecule has 3 aliphatic heterocycles. The highest BCUT2D eigenvalue weighted by Crippen LogP contribution is 2.91. The van der Waals surface area contributed by atoms with Crippen LogP contribution in [-0.4, -0.2) is 135 Å². The minimum Gasteiger partial charge on any atom is -0.508 e. The molecule has 0 radical (unpaired) electrons. The predicted molar refractivity (Wildman–Crippen MR) is 510 cm³/mol. The van der Waals surface area contributed by atoms with Gasteiger partial charge in [0.15, 0.2) is 35.3 Å². The number of aromatic hydroxyl groups is 2. The lowest BCUT2D eigenvalue weighted by Crippen LogP contribution is -2.62. The molecule has 746 valence electrons. The molecule has 22 heteroatoms. The van der Waals surface area contributed by atoms with Gasteiger partial charge in [0.05, 0.1) is 6.61 Å². The average Bonchev–Trinajstić information content (AvgIpc) is 1.47. The molecular formula is C115H154O22. The van der Waals surface area contributed by atoms with Gasteiger partial charge >= 0.3 is 35.8 Å². The third-order valence-corrected chi connectivity index (χ3v) is 45.0. The first-order valence-corrected chi connectivity index (χ1v) is 52.6. The van der Waals surface area contributed by atoms with Gasteiger partial charge in [-0.15, -0.1) is 0 Å². The summed E-state index contributed by atoms with van der Waals surface area (Å²) < 4.78 is 57.9. The van der Waals surface area contributed by atoms with E-state index >= 15 is 0 Å². The van der Waals surface area contributed by atoms with E-state index < -0.39 is 59.6 Å². The third kappa shape index (κ3) is 13.7. The van der Waals surface area contributed by atoms with Crippen LogP contribution in [0.3, 0.4) is 0 Å². The van der Waals surface area contributed by atoms with E-state index in [4.69, 9.17) is 42.6 Å². The molecule has 21 rings (SSSR count). The Labute approximate surface area is 810 Å². The van der Waals surface area contributed by atoms with Crippen molar-refractivity contribution in [2.45, 2.75) is 335 Å². The van der Waals surface area contributed by atoms with E-state index in [0.717, 1.165) is 140 Å². The van der Waals surface area contributed by atoms with Crippen molar-refractivity contribution in [3.05, 3.63) is 96.1 Å². The number of hydrogen-bond donors (Lipinski definition) is 3. The van der Waals surface area contributed by atoms with Crippen LogP contribution in [-0.2, 0) is 93.9 Å². The van der Waals surface area contributed by atoms with Gasteiger partial charge in [0.25, 0.3) is 5.79 Å². The van der Waals surface area contributed by atoms with Gasteiger partial charge in [-0.1, -0.05) is 141 Å². The number of phenols is 2. The summed E-state index contributed by atoms with van der Waals surface area (Å²) in [6.07, 6.45) is 30.2. The fourth-order valence-corrected chi connectivity index (χ4v) is 38.6. The average molecular weight is 1890 g/mol. The number of carbonyl (C=O) groups is 10. The predicted octanol–water partition coefficient (Wildman–Crippen LogP) is 19.7. The van der Waals surface area contributed by atoms with Crippen molar-refractivity contribution in [2.75, 3.05) is 13.2 Å². The van der Waals surface area contributed by atoms with Crippen LogP contribution in [0.4, 0.5) is 0 Å². The molecule has 137 heavy (non-hydrogen) atoms. The quantitative estimate of drug-likeness (QED) is 0.0709. The van der Waals surface area contributed by atoms with Gasteiger partial charge in [-0.3, -0.25) is 47.9 Å². The van der Waals surface area contributed by atoms with Gasteiger partial charge in [0, 0.05) is 131 Å². The van der Waals surface area contributed by atoms with Crippen LogP contribution in [0.25, 0.3) is 0 Å². The Morgan fingerprint density at radius 3 is 1.20 bits per heavy atom. The maximum atomic E-state index is 13.7. The van der Waals surface area contributed by atoms with Crippen molar-refractivity contribution in [1.82, 2.24) is 0 Å². The minimum atomic E-state index is -1.24. The second-order valence-electron chi connectivity index (χ2n) is 50.1. The highest BCUT2D eigenvalue weighted by molar-refractivity contribution is 6.00. The molecule has 16 aliphatic carbocycles. The Kier molecular flexibility index (Phi) is 23.6. The number of ether oxygens (including phenoxy) is 9. The first-order valence-electron chi connectivity index (χ1n) is 52.6. The van der Waals surface area contributed by atoms with Gasteiger partial charge in [-0.25, -0.2) is 0 Å². The first kappa shape index (κ1) is 97.8. The largest absolute Gasteiger partial charge is 0.508 e. The van der Waals surface area contributed by atoms with Crippen LogP contribution in [0.5, 0.6) is 23.0 Å². The van der Waals surface area contributed by atoms with Crippen molar-refractivity contribution in [3.8, 4) is 23.0 Å².